The fraction of sp³-hybridized carbons (Fsp3) is 0. The van der Waals surface area contributed by atoms with Crippen LogP contribution in [-0.2, 0) is 0 Å². The van der Waals surface area contributed by atoms with Crippen LogP contribution in [0.1, 0.15) is 10.4 Å². The van der Waals surface area contributed by atoms with E-state index in [4.69, 9.17) is 18.8 Å². The molecule has 158 valence electrons. The Morgan fingerprint density at radius 1 is 0.697 bits per heavy atom. The highest BCUT2D eigenvalue weighted by Gasteiger charge is 2.18. The first-order valence-electron chi connectivity index (χ1n) is 10.4. The molecule has 0 aliphatic rings. The number of benzene rings is 3. The van der Waals surface area contributed by atoms with Gasteiger partial charge in [0, 0.05) is 16.6 Å². The molecule has 0 saturated heterocycles. The maximum atomic E-state index is 13.1. The van der Waals surface area contributed by atoms with E-state index in [1.165, 1.54) is 0 Å². The van der Waals surface area contributed by atoms with E-state index in [9.17, 15) is 4.79 Å². The van der Waals surface area contributed by atoms with E-state index in [1.54, 1.807) is 42.9 Å². The molecule has 1 amide bonds. The molecule has 6 aromatic rings. The Bertz CT molecular complexity index is 1600. The summed E-state index contributed by atoms with van der Waals surface area (Å²) in [5.74, 6) is 0.944. The first-order valence-corrected chi connectivity index (χ1v) is 10.4. The van der Waals surface area contributed by atoms with Gasteiger partial charge in [-0.3, -0.25) is 4.79 Å². The zero-order valence-electron chi connectivity index (χ0n) is 17.4. The zero-order chi connectivity index (χ0) is 22.2. The molecular formula is C27H17N3O3. The van der Waals surface area contributed by atoms with Crippen LogP contribution >= 0.6 is 0 Å². The molecule has 6 nitrogen and oxygen atoms in total. The van der Waals surface area contributed by atoms with E-state index in [2.05, 4.69) is 5.32 Å². The van der Waals surface area contributed by atoms with Crippen LogP contribution in [0.5, 0.6) is 0 Å². The minimum Gasteiger partial charge on any atom is -0.463 e. The van der Waals surface area contributed by atoms with E-state index >= 15 is 0 Å². The van der Waals surface area contributed by atoms with Gasteiger partial charge in [-0.2, -0.15) is 0 Å². The number of carbonyl (C=O) groups is 1. The summed E-state index contributed by atoms with van der Waals surface area (Å²) < 4.78 is 11.1. The van der Waals surface area contributed by atoms with E-state index in [1.807, 2.05) is 54.6 Å². The van der Waals surface area contributed by atoms with Crippen LogP contribution in [0.15, 0.2) is 106 Å². The molecule has 0 unspecified atom stereocenters. The number of fused-ring (bicyclic) bond motifs is 2. The third-order valence-corrected chi connectivity index (χ3v) is 5.47. The van der Waals surface area contributed by atoms with Gasteiger partial charge in [0.2, 0.25) is 0 Å². The summed E-state index contributed by atoms with van der Waals surface area (Å²) in [6.07, 6.45) is 3.18. The predicted octanol–water partition coefficient (Wildman–Crippen LogP) is 6.56. The van der Waals surface area contributed by atoms with Crippen molar-refractivity contribution < 1.29 is 13.6 Å². The molecule has 0 bridgehead atoms. The Balaban J connectivity index is 1.42. The van der Waals surface area contributed by atoms with E-state index < -0.39 is 0 Å². The normalized spacial score (nSPS) is 11.2. The second-order valence-corrected chi connectivity index (χ2v) is 7.56. The van der Waals surface area contributed by atoms with Gasteiger partial charge in [-0.05, 0) is 53.9 Å². The van der Waals surface area contributed by atoms with Crippen LogP contribution in [0.4, 0.5) is 5.69 Å². The minimum atomic E-state index is -0.218. The molecule has 33 heavy (non-hydrogen) atoms. The predicted molar refractivity (Wildman–Crippen MR) is 127 cm³/mol. The van der Waals surface area contributed by atoms with Gasteiger partial charge in [0.1, 0.15) is 11.4 Å². The number of furan rings is 2. The lowest BCUT2D eigenvalue weighted by molar-refractivity contribution is 0.102. The van der Waals surface area contributed by atoms with E-state index in [-0.39, 0.29) is 5.91 Å². The molecule has 3 heterocycles. The summed E-state index contributed by atoms with van der Waals surface area (Å²) in [6.45, 7) is 0. The van der Waals surface area contributed by atoms with Crippen molar-refractivity contribution in [1.82, 2.24) is 9.97 Å². The number of rotatable bonds is 4. The summed E-state index contributed by atoms with van der Waals surface area (Å²) in [5.41, 5.74) is 3.61. The monoisotopic (exact) mass is 431 g/mol. The van der Waals surface area contributed by atoms with Crippen LogP contribution in [0.25, 0.3) is 44.7 Å². The second-order valence-electron chi connectivity index (χ2n) is 7.56. The molecule has 0 spiro atoms. The molecule has 0 fully saturated rings. The van der Waals surface area contributed by atoms with Crippen LogP contribution in [0.3, 0.4) is 0 Å². The summed E-state index contributed by atoms with van der Waals surface area (Å²) in [6, 6.07) is 26.3. The van der Waals surface area contributed by atoms with Gasteiger partial charge in [0.05, 0.1) is 23.6 Å². The molecule has 6 rings (SSSR count). The largest absolute Gasteiger partial charge is 0.463 e. The van der Waals surface area contributed by atoms with Gasteiger partial charge in [0.15, 0.2) is 11.5 Å². The first-order chi connectivity index (χ1) is 16.3. The summed E-state index contributed by atoms with van der Waals surface area (Å²) in [7, 11) is 0. The fourth-order valence-corrected chi connectivity index (χ4v) is 3.89. The SMILES string of the molecule is O=C(Nc1cccc2ccccc12)c1ccc2nc(-c3ccco3)c(-c3ccco3)nc2c1. The molecule has 3 aromatic carbocycles. The average Bonchev–Trinajstić information content (AvgIpc) is 3.58. The van der Waals surface area contributed by atoms with Gasteiger partial charge in [-0.1, -0.05) is 36.4 Å². The molecular weight excluding hydrogens is 414 g/mol. The van der Waals surface area contributed by atoms with Crippen molar-refractivity contribution in [1.29, 1.82) is 0 Å². The number of aromatic nitrogens is 2. The summed E-state index contributed by atoms with van der Waals surface area (Å²) in [5, 5.41) is 5.07. The van der Waals surface area contributed by atoms with Crippen molar-refractivity contribution in [3.05, 3.63) is 103 Å². The third-order valence-electron chi connectivity index (χ3n) is 5.47. The Kier molecular flexibility index (Phi) is 4.47. The Morgan fingerprint density at radius 2 is 1.39 bits per heavy atom. The number of amides is 1. The molecule has 0 aliphatic heterocycles. The molecule has 1 N–H and O–H groups in total. The standard InChI is InChI=1S/C27H17N3O3/c31-27(30-20-9-3-7-17-6-1-2-8-19(17)20)18-12-13-21-22(16-18)29-26(24-11-5-15-33-24)25(28-21)23-10-4-14-32-23/h1-16H,(H,30,31). The summed E-state index contributed by atoms with van der Waals surface area (Å²) in [4.78, 5) is 22.6. The number of nitrogens with zero attached hydrogens (tertiary/aromatic N) is 2. The van der Waals surface area contributed by atoms with Gasteiger partial charge in [0.25, 0.3) is 5.91 Å². The van der Waals surface area contributed by atoms with Gasteiger partial charge >= 0.3 is 0 Å². The fourth-order valence-electron chi connectivity index (χ4n) is 3.89. The highest BCUT2D eigenvalue weighted by atomic mass is 16.3. The zero-order valence-corrected chi connectivity index (χ0v) is 17.4. The van der Waals surface area contributed by atoms with E-state index in [0.29, 0.717) is 39.5 Å². The number of hydrogen-bond acceptors (Lipinski definition) is 5. The summed E-state index contributed by atoms with van der Waals surface area (Å²) >= 11 is 0. The van der Waals surface area contributed by atoms with Crippen molar-refractivity contribution in [2.45, 2.75) is 0 Å². The Hall–Kier alpha value is -4.71. The highest BCUT2D eigenvalue weighted by molar-refractivity contribution is 6.10. The third kappa shape index (κ3) is 3.43. The van der Waals surface area contributed by atoms with Crippen molar-refractivity contribution in [3.8, 4) is 22.9 Å². The van der Waals surface area contributed by atoms with Crippen molar-refractivity contribution >= 4 is 33.4 Å². The van der Waals surface area contributed by atoms with Gasteiger partial charge in [-0.15, -0.1) is 0 Å². The Labute approximate surface area is 188 Å². The number of anilines is 1. The molecule has 0 atom stereocenters. The van der Waals surface area contributed by atoms with Crippen molar-refractivity contribution in [2.75, 3.05) is 5.32 Å². The van der Waals surface area contributed by atoms with Gasteiger partial charge < -0.3 is 14.2 Å². The quantitative estimate of drug-likeness (QED) is 0.342. The van der Waals surface area contributed by atoms with Crippen LogP contribution in [0.2, 0.25) is 0 Å². The second kappa shape index (κ2) is 7.76. The van der Waals surface area contributed by atoms with Crippen LogP contribution in [0, 0.1) is 0 Å². The van der Waals surface area contributed by atoms with Crippen LogP contribution < -0.4 is 5.32 Å². The topological polar surface area (TPSA) is 81.2 Å². The molecule has 0 radical (unpaired) electrons. The van der Waals surface area contributed by atoms with Crippen molar-refractivity contribution in [3.63, 3.8) is 0 Å². The number of carbonyl (C=O) groups excluding carboxylic acids is 1. The van der Waals surface area contributed by atoms with Crippen LogP contribution in [-0.4, -0.2) is 15.9 Å². The molecule has 6 heteroatoms. The first kappa shape index (κ1) is 19.0. The van der Waals surface area contributed by atoms with Gasteiger partial charge in [-0.25, -0.2) is 9.97 Å². The molecule has 0 saturated carbocycles. The lowest BCUT2D eigenvalue weighted by Gasteiger charge is -2.10. The lowest BCUT2D eigenvalue weighted by atomic mass is 10.1. The smallest absolute Gasteiger partial charge is 0.255 e. The maximum absolute atomic E-state index is 13.1. The highest BCUT2D eigenvalue weighted by Crippen LogP contribution is 2.32. The Morgan fingerprint density at radius 3 is 2.12 bits per heavy atom. The number of nitrogens with one attached hydrogen (secondary N) is 1. The molecule has 3 aromatic heterocycles. The maximum Gasteiger partial charge on any atom is 0.255 e. The average molecular weight is 431 g/mol. The molecule has 0 aliphatic carbocycles. The lowest BCUT2D eigenvalue weighted by Crippen LogP contribution is -2.12. The van der Waals surface area contributed by atoms with Crippen molar-refractivity contribution in [2.24, 2.45) is 0 Å². The number of hydrogen-bond donors (Lipinski definition) is 1. The minimum absolute atomic E-state index is 0.218. The van der Waals surface area contributed by atoms with E-state index in [0.717, 1.165) is 16.5 Å².